The average Bonchev–Trinajstić information content (AvgIpc) is 3.29. The lowest BCUT2D eigenvalue weighted by molar-refractivity contribution is 0.102. The van der Waals surface area contributed by atoms with Crippen LogP contribution in [0.1, 0.15) is 35.5 Å². The smallest absolute Gasteiger partial charge is 0.272 e. The van der Waals surface area contributed by atoms with Crippen molar-refractivity contribution in [3.63, 3.8) is 0 Å². The Bertz CT molecular complexity index is 1180. The molecule has 33 heavy (non-hydrogen) atoms. The Labute approximate surface area is 195 Å². The van der Waals surface area contributed by atoms with Gasteiger partial charge in [0.05, 0.1) is 0 Å². The molecule has 0 unspecified atom stereocenters. The van der Waals surface area contributed by atoms with Crippen LogP contribution in [0.5, 0.6) is 5.75 Å². The van der Waals surface area contributed by atoms with Gasteiger partial charge in [0, 0.05) is 23.1 Å². The van der Waals surface area contributed by atoms with Gasteiger partial charge in [-0.15, -0.1) is 0 Å². The van der Waals surface area contributed by atoms with Crippen molar-refractivity contribution < 1.29 is 9.53 Å². The lowest BCUT2D eigenvalue weighted by Crippen LogP contribution is -2.25. The van der Waals surface area contributed by atoms with Crippen molar-refractivity contribution in [1.82, 2.24) is 9.88 Å². The first-order valence-electron chi connectivity index (χ1n) is 11.6. The van der Waals surface area contributed by atoms with Gasteiger partial charge in [-0.2, -0.15) is 0 Å². The molecule has 0 spiro atoms. The SMILES string of the molecule is CCN(CC)CCc1ccc(NC(=O)c2cc3cc(OCc4ccccc4)ccc3[nH]2)cc1. The monoisotopic (exact) mass is 441 g/mol. The van der Waals surface area contributed by atoms with Gasteiger partial charge >= 0.3 is 0 Å². The Hall–Kier alpha value is -3.57. The van der Waals surface area contributed by atoms with E-state index in [0.29, 0.717) is 12.3 Å². The summed E-state index contributed by atoms with van der Waals surface area (Å²) in [6, 6.07) is 25.8. The number of amides is 1. The molecule has 0 aliphatic rings. The van der Waals surface area contributed by atoms with Crippen molar-refractivity contribution in [3.05, 3.63) is 95.7 Å². The molecule has 2 N–H and O–H groups in total. The molecule has 0 aliphatic carbocycles. The standard InChI is InChI=1S/C28H31N3O2/c1-3-31(4-2)17-16-21-10-12-24(13-11-21)29-28(32)27-19-23-18-25(14-15-26(23)30-27)33-20-22-8-6-5-7-9-22/h5-15,18-19,30H,3-4,16-17,20H2,1-2H3,(H,29,32). The lowest BCUT2D eigenvalue weighted by Gasteiger charge is -2.17. The summed E-state index contributed by atoms with van der Waals surface area (Å²) in [5.74, 6) is 0.617. The number of rotatable bonds is 10. The van der Waals surface area contributed by atoms with E-state index in [4.69, 9.17) is 4.74 Å². The first-order chi connectivity index (χ1) is 16.1. The van der Waals surface area contributed by atoms with E-state index < -0.39 is 0 Å². The van der Waals surface area contributed by atoms with E-state index in [1.807, 2.05) is 66.7 Å². The number of fused-ring (bicyclic) bond motifs is 1. The Morgan fingerprint density at radius 1 is 0.909 bits per heavy atom. The molecule has 0 fully saturated rings. The third-order valence-corrected chi connectivity index (χ3v) is 5.91. The lowest BCUT2D eigenvalue weighted by atomic mass is 10.1. The van der Waals surface area contributed by atoms with Crippen molar-refractivity contribution in [2.45, 2.75) is 26.9 Å². The van der Waals surface area contributed by atoms with E-state index in [0.717, 1.165) is 54.0 Å². The van der Waals surface area contributed by atoms with Gasteiger partial charge < -0.3 is 19.9 Å². The van der Waals surface area contributed by atoms with Gasteiger partial charge in [0.2, 0.25) is 0 Å². The number of carbonyl (C=O) groups excluding carboxylic acids is 1. The zero-order valence-electron chi connectivity index (χ0n) is 19.3. The maximum absolute atomic E-state index is 12.8. The highest BCUT2D eigenvalue weighted by molar-refractivity contribution is 6.06. The quantitative estimate of drug-likeness (QED) is 0.323. The topological polar surface area (TPSA) is 57.4 Å². The number of benzene rings is 3. The van der Waals surface area contributed by atoms with Crippen LogP contribution in [-0.2, 0) is 13.0 Å². The highest BCUT2D eigenvalue weighted by atomic mass is 16.5. The Morgan fingerprint density at radius 2 is 1.67 bits per heavy atom. The third kappa shape index (κ3) is 6.02. The van der Waals surface area contributed by atoms with Crippen LogP contribution in [0.2, 0.25) is 0 Å². The van der Waals surface area contributed by atoms with Crippen molar-refractivity contribution in [2.24, 2.45) is 0 Å². The molecule has 0 atom stereocenters. The summed E-state index contributed by atoms with van der Waals surface area (Å²) in [6.45, 7) is 8.06. The number of hydrogen-bond donors (Lipinski definition) is 2. The average molecular weight is 442 g/mol. The molecule has 4 rings (SSSR count). The molecule has 1 heterocycles. The van der Waals surface area contributed by atoms with E-state index in [1.165, 1.54) is 5.56 Å². The highest BCUT2D eigenvalue weighted by Crippen LogP contribution is 2.23. The number of nitrogens with zero attached hydrogens (tertiary/aromatic N) is 1. The predicted octanol–water partition coefficient (Wildman–Crippen LogP) is 5.88. The summed E-state index contributed by atoms with van der Waals surface area (Å²) in [5, 5.41) is 3.93. The fourth-order valence-electron chi connectivity index (χ4n) is 3.84. The number of H-pyrrole nitrogens is 1. The zero-order chi connectivity index (χ0) is 23.0. The van der Waals surface area contributed by atoms with Crippen molar-refractivity contribution in [3.8, 4) is 5.75 Å². The Balaban J connectivity index is 1.36. The molecule has 0 bridgehead atoms. The minimum absolute atomic E-state index is 0.158. The van der Waals surface area contributed by atoms with Crippen molar-refractivity contribution in [1.29, 1.82) is 0 Å². The minimum Gasteiger partial charge on any atom is -0.489 e. The van der Waals surface area contributed by atoms with E-state index in [-0.39, 0.29) is 5.91 Å². The molecule has 1 amide bonds. The van der Waals surface area contributed by atoms with E-state index in [1.54, 1.807) is 0 Å². The Kier molecular flexibility index (Phi) is 7.43. The van der Waals surface area contributed by atoms with Crippen LogP contribution >= 0.6 is 0 Å². The molecule has 1 aromatic heterocycles. The summed E-state index contributed by atoms with van der Waals surface area (Å²) in [7, 11) is 0. The summed E-state index contributed by atoms with van der Waals surface area (Å²) in [6.07, 6.45) is 1.01. The summed E-state index contributed by atoms with van der Waals surface area (Å²) in [5.41, 5.74) is 4.60. The first-order valence-corrected chi connectivity index (χ1v) is 11.6. The highest BCUT2D eigenvalue weighted by Gasteiger charge is 2.11. The van der Waals surface area contributed by atoms with E-state index >= 15 is 0 Å². The van der Waals surface area contributed by atoms with Gasteiger partial charge in [-0.1, -0.05) is 56.3 Å². The van der Waals surface area contributed by atoms with Gasteiger partial charge in [-0.25, -0.2) is 0 Å². The van der Waals surface area contributed by atoms with Crippen LogP contribution in [0.15, 0.2) is 78.9 Å². The fourth-order valence-corrected chi connectivity index (χ4v) is 3.84. The van der Waals surface area contributed by atoms with Gasteiger partial charge in [-0.3, -0.25) is 4.79 Å². The van der Waals surface area contributed by atoms with Crippen LogP contribution in [0.4, 0.5) is 5.69 Å². The molecule has 170 valence electrons. The number of ether oxygens (including phenoxy) is 1. The van der Waals surface area contributed by atoms with Crippen LogP contribution in [0.25, 0.3) is 10.9 Å². The second-order valence-electron chi connectivity index (χ2n) is 8.13. The minimum atomic E-state index is -0.158. The van der Waals surface area contributed by atoms with Gasteiger partial charge in [0.25, 0.3) is 5.91 Å². The number of aromatic amines is 1. The second kappa shape index (κ2) is 10.8. The number of anilines is 1. The molecule has 5 nitrogen and oxygen atoms in total. The van der Waals surface area contributed by atoms with Crippen molar-refractivity contribution in [2.75, 3.05) is 25.0 Å². The molecule has 4 aromatic rings. The molecule has 3 aromatic carbocycles. The largest absolute Gasteiger partial charge is 0.489 e. The van der Waals surface area contributed by atoms with Gasteiger partial charge in [0.15, 0.2) is 0 Å². The maximum Gasteiger partial charge on any atom is 0.272 e. The maximum atomic E-state index is 12.8. The number of carbonyl (C=O) groups is 1. The van der Waals surface area contributed by atoms with Crippen LogP contribution in [0, 0.1) is 0 Å². The number of hydrogen-bond acceptors (Lipinski definition) is 3. The zero-order valence-corrected chi connectivity index (χ0v) is 19.3. The van der Waals surface area contributed by atoms with E-state index in [9.17, 15) is 4.79 Å². The summed E-state index contributed by atoms with van der Waals surface area (Å²) < 4.78 is 5.91. The van der Waals surface area contributed by atoms with Crippen LogP contribution in [-0.4, -0.2) is 35.4 Å². The van der Waals surface area contributed by atoms with Crippen LogP contribution < -0.4 is 10.1 Å². The second-order valence-corrected chi connectivity index (χ2v) is 8.13. The molecular weight excluding hydrogens is 410 g/mol. The van der Waals surface area contributed by atoms with E-state index in [2.05, 4.69) is 41.2 Å². The summed E-state index contributed by atoms with van der Waals surface area (Å²) >= 11 is 0. The number of likely N-dealkylation sites (N-methyl/N-ethyl adjacent to an activating group) is 1. The Morgan fingerprint density at radius 3 is 2.39 bits per heavy atom. The molecule has 5 heteroatoms. The predicted molar refractivity (Wildman–Crippen MR) is 135 cm³/mol. The number of aromatic nitrogens is 1. The van der Waals surface area contributed by atoms with Gasteiger partial charge in [0.1, 0.15) is 18.1 Å². The molecular formula is C28H31N3O2. The summed E-state index contributed by atoms with van der Waals surface area (Å²) in [4.78, 5) is 18.4. The van der Waals surface area contributed by atoms with Crippen LogP contribution in [0.3, 0.4) is 0 Å². The molecule has 0 saturated heterocycles. The number of nitrogens with one attached hydrogen (secondary N) is 2. The first kappa shape index (κ1) is 22.6. The molecule has 0 radical (unpaired) electrons. The molecule has 0 saturated carbocycles. The fraction of sp³-hybridized carbons (Fsp3) is 0.250. The van der Waals surface area contributed by atoms with Crippen molar-refractivity contribution >= 4 is 22.5 Å². The molecule has 0 aliphatic heterocycles. The third-order valence-electron chi connectivity index (χ3n) is 5.91. The normalized spacial score (nSPS) is 11.1. The van der Waals surface area contributed by atoms with Gasteiger partial charge in [-0.05, 0) is 67.0 Å².